The van der Waals surface area contributed by atoms with Crippen LogP contribution in [0, 0.1) is 41.4 Å². The average molecular weight is 1150 g/mol. The highest BCUT2D eigenvalue weighted by Gasteiger charge is 2.44. The summed E-state index contributed by atoms with van der Waals surface area (Å²) in [6.45, 7) is 30.0. The molecule has 0 aliphatic carbocycles. The van der Waals surface area contributed by atoms with Crippen LogP contribution < -0.4 is 21.3 Å². The molecule has 0 unspecified atom stereocenters. The quantitative estimate of drug-likeness (QED) is 0.208. The molecule has 1 aliphatic heterocycles. The molecule has 4 N–H and O–H groups in total. The molecule has 10 atom stereocenters. The van der Waals surface area contributed by atoms with Gasteiger partial charge in [-0.2, -0.15) is 0 Å². The van der Waals surface area contributed by atoms with Gasteiger partial charge in [-0.25, -0.2) is 0 Å². The van der Waals surface area contributed by atoms with Gasteiger partial charge in [-0.3, -0.25) is 52.7 Å². The Morgan fingerprint density at radius 1 is 0.370 bits per heavy atom. The van der Waals surface area contributed by atoms with E-state index in [1.807, 2.05) is 69.2 Å². The molecule has 0 radical (unpaired) electrons. The van der Waals surface area contributed by atoms with Gasteiger partial charge in [0.05, 0.1) is 6.54 Å². The minimum atomic E-state index is -1.21. The van der Waals surface area contributed by atoms with E-state index in [-0.39, 0.29) is 68.1 Å². The second-order valence-corrected chi connectivity index (χ2v) is 25.5. The molecule has 22 nitrogen and oxygen atoms in total. The van der Waals surface area contributed by atoms with Gasteiger partial charge in [0.1, 0.15) is 60.4 Å². The molecule has 22 heteroatoms. The fourth-order valence-corrected chi connectivity index (χ4v) is 10.2. The fraction of sp³-hybridized carbons (Fsp3) is 0.814. The zero-order valence-corrected chi connectivity index (χ0v) is 53.9. The van der Waals surface area contributed by atoms with Crippen molar-refractivity contribution in [3.05, 3.63) is 0 Å². The van der Waals surface area contributed by atoms with E-state index in [1.54, 1.807) is 34.6 Å². The number of amides is 11. The third kappa shape index (κ3) is 20.8. The van der Waals surface area contributed by atoms with Crippen molar-refractivity contribution < 1.29 is 52.7 Å². The van der Waals surface area contributed by atoms with E-state index in [9.17, 15) is 52.7 Å². The summed E-state index contributed by atoms with van der Waals surface area (Å²) >= 11 is 0. The van der Waals surface area contributed by atoms with Crippen LogP contribution in [0.4, 0.5) is 0 Å². The van der Waals surface area contributed by atoms with Crippen LogP contribution >= 0.6 is 0 Å². The lowest BCUT2D eigenvalue weighted by Crippen LogP contribution is -2.61. The SMILES string of the molecule is CC[C@@H]1NC(=O)[C@H](CC(C)C)N(C)C(=O)[C@H](C(C)C)N(C)C(=O)[C@H](CC(C)C)N(C)C(=O)[C@H](CC(C)C)N(C)C(=O)[C@@H](C)NC(=O)[C@H](C)NC(=O)[C@H](CC(C)C)N(C)C(=O)[C@H](C(C)C)NC(=O)[C@H](CC(C)C)N(C)C(=O)CN(C)C1=O. The van der Waals surface area contributed by atoms with Gasteiger partial charge in [-0.05, 0) is 93.8 Å². The Labute approximate surface area is 485 Å². The van der Waals surface area contributed by atoms with E-state index in [1.165, 1.54) is 97.5 Å². The fourth-order valence-electron chi connectivity index (χ4n) is 10.2. The average Bonchev–Trinajstić information content (AvgIpc) is 3.37. The van der Waals surface area contributed by atoms with E-state index in [4.69, 9.17) is 0 Å². The highest BCUT2D eigenvalue weighted by Crippen LogP contribution is 2.25. The lowest BCUT2D eigenvalue weighted by Gasteiger charge is -2.41. The predicted molar refractivity (Wildman–Crippen MR) is 313 cm³/mol. The van der Waals surface area contributed by atoms with Crippen molar-refractivity contribution in [2.45, 2.75) is 217 Å². The maximum absolute atomic E-state index is 15.0. The minimum absolute atomic E-state index is 0.109. The first-order valence-corrected chi connectivity index (χ1v) is 29.3. The summed E-state index contributed by atoms with van der Waals surface area (Å²) in [6.07, 6.45) is 1.04. The lowest BCUT2D eigenvalue weighted by atomic mass is 9.95. The number of hydrogen-bond acceptors (Lipinski definition) is 11. The highest BCUT2D eigenvalue weighted by molar-refractivity contribution is 5.99. The van der Waals surface area contributed by atoms with Crippen LogP contribution in [-0.2, 0) is 52.7 Å². The van der Waals surface area contributed by atoms with Gasteiger partial charge in [0, 0.05) is 49.3 Å². The van der Waals surface area contributed by atoms with Crippen LogP contribution in [-0.4, -0.2) is 216 Å². The Morgan fingerprint density at radius 3 is 1.12 bits per heavy atom. The van der Waals surface area contributed by atoms with Crippen LogP contribution in [0.15, 0.2) is 0 Å². The molecule has 0 aromatic carbocycles. The normalized spacial score (nSPS) is 26.8. The van der Waals surface area contributed by atoms with Crippen LogP contribution in [0.25, 0.3) is 0 Å². The van der Waals surface area contributed by atoms with Crippen LogP contribution in [0.3, 0.4) is 0 Å². The van der Waals surface area contributed by atoms with Crippen molar-refractivity contribution in [1.82, 2.24) is 55.6 Å². The van der Waals surface area contributed by atoms with Crippen molar-refractivity contribution in [3.63, 3.8) is 0 Å². The van der Waals surface area contributed by atoms with Crippen molar-refractivity contribution in [1.29, 1.82) is 0 Å². The maximum Gasteiger partial charge on any atom is 0.246 e. The minimum Gasteiger partial charge on any atom is -0.343 e. The summed E-state index contributed by atoms with van der Waals surface area (Å²) in [4.78, 5) is 168. The Balaban J connectivity index is 4.20. The number of rotatable bonds is 13. The molecule has 0 aromatic rings. The standard InChI is InChI=1S/C59H107N11O11/c1-25-41-55(77)64(18)31-47(71)65(19)42(26-32(2)3)53(75)63-48(37(12)13)58(80)66(20)43(27-33(4)5)51(73)60-39(16)50(72)61-40(17)54(76)68(22)45(29-35(8)9)56(78)69(23)46(30-36(10)11)57(79)70(24)49(38(14)15)59(81)67(21)44(28-34(6)7)52(74)62-41/h32-46,48-49H,25-31H2,1-24H3,(H,60,73)(H,61,72)(H,62,74)(H,63,75)/t39-,40+,41-,42-,43-,44-,45-,46-,48-,49-/m0/s1. The number of hydrogen-bond donors (Lipinski definition) is 4. The first kappa shape index (κ1) is 73.2. The zero-order valence-electron chi connectivity index (χ0n) is 53.9. The van der Waals surface area contributed by atoms with Crippen molar-refractivity contribution >= 4 is 65.0 Å². The summed E-state index contributed by atoms with van der Waals surface area (Å²) in [5, 5.41) is 11.1. The molecule has 81 heavy (non-hydrogen) atoms. The van der Waals surface area contributed by atoms with Crippen LogP contribution in [0.2, 0.25) is 0 Å². The Morgan fingerprint density at radius 2 is 0.716 bits per heavy atom. The number of carbonyl (C=O) groups excluding carboxylic acids is 11. The molecule has 1 fully saturated rings. The molecule has 464 valence electrons. The zero-order chi connectivity index (χ0) is 63.0. The summed E-state index contributed by atoms with van der Waals surface area (Å²) < 4.78 is 0. The van der Waals surface area contributed by atoms with Crippen LogP contribution in [0.5, 0.6) is 0 Å². The summed E-state index contributed by atoms with van der Waals surface area (Å²) in [7, 11) is 10.2. The van der Waals surface area contributed by atoms with Gasteiger partial charge in [0.2, 0.25) is 65.0 Å². The van der Waals surface area contributed by atoms with Gasteiger partial charge >= 0.3 is 0 Å². The Bertz CT molecular complexity index is 2180. The van der Waals surface area contributed by atoms with E-state index < -0.39 is 144 Å². The molecule has 1 rings (SSSR count). The van der Waals surface area contributed by atoms with Crippen molar-refractivity contribution in [2.24, 2.45) is 41.4 Å². The highest BCUT2D eigenvalue weighted by atomic mass is 16.2. The van der Waals surface area contributed by atoms with Crippen molar-refractivity contribution in [2.75, 3.05) is 55.9 Å². The molecule has 1 saturated heterocycles. The first-order chi connectivity index (χ1) is 37.2. The molecule has 1 heterocycles. The number of nitrogens with one attached hydrogen (secondary N) is 4. The molecule has 11 amide bonds. The third-order valence-electron chi connectivity index (χ3n) is 15.2. The van der Waals surface area contributed by atoms with Gasteiger partial charge < -0.3 is 55.6 Å². The third-order valence-corrected chi connectivity index (χ3v) is 15.2. The second kappa shape index (κ2) is 32.7. The van der Waals surface area contributed by atoms with Crippen molar-refractivity contribution in [3.8, 4) is 0 Å². The largest absolute Gasteiger partial charge is 0.343 e. The Kier molecular flexibility index (Phi) is 29.6. The molecule has 1 aliphatic rings. The van der Waals surface area contributed by atoms with Gasteiger partial charge in [0.25, 0.3) is 0 Å². The predicted octanol–water partition coefficient (Wildman–Crippen LogP) is 3.35. The summed E-state index contributed by atoms with van der Waals surface area (Å²) in [6, 6.07) is -11.3. The molecular formula is C59H107N11O11. The molecule has 0 spiro atoms. The molecule has 0 aromatic heterocycles. The molecular weight excluding hydrogens is 1040 g/mol. The number of nitrogens with zero attached hydrogens (tertiary/aromatic N) is 7. The summed E-state index contributed by atoms with van der Waals surface area (Å²) in [5.41, 5.74) is 0. The smallest absolute Gasteiger partial charge is 0.246 e. The lowest BCUT2D eigenvalue weighted by molar-refractivity contribution is -0.156. The molecule has 0 saturated carbocycles. The second-order valence-electron chi connectivity index (χ2n) is 25.5. The van der Waals surface area contributed by atoms with Gasteiger partial charge in [0.15, 0.2) is 0 Å². The monoisotopic (exact) mass is 1150 g/mol. The number of carbonyl (C=O) groups is 11. The topological polar surface area (TPSA) is 259 Å². The van der Waals surface area contributed by atoms with Crippen LogP contribution in [0.1, 0.15) is 156 Å². The maximum atomic E-state index is 15.0. The van der Waals surface area contributed by atoms with E-state index >= 15 is 0 Å². The van der Waals surface area contributed by atoms with Gasteiger partial charge in [-0.1, -0.05) is 104 Å². The van der Waals surface area contributed by atoms with Gasteiger partial charge in [-0.15, -0.1) is 0 Å². The summed E-state index contributed by atoms with van der Waals surface area (Å²) in [5.74, 6) is -8.23. The van der Waals surface area contributed by atoms with E-state index in [0.717, 1.165) is 0 Å². The molecule has 0 bridgehead atoms. The van der Waals surface area contributed by atoms with E-state index in [2.05, 4.69) is 21.3 Å². The van der Waals surface area contributed by atoms with E-state index in [0.29, 0.717) is 0 Å². The number of likely N-dealkylation sites (N-methyl/N-ethyl adjacent to an activating group) is 7. The Hall–Kier alpha value is -5.83. The first-order valence-electron chi connectivity index (χ1n) is 29.3.